The normalized spacial score (nSPS) is 8.57. The van der Waals surface area contributed by atoms with E-state index in [1.165, 1.54) is 0 Å². The predicted molar refractivity (Wildman–Crippen MR) is 34.3 cm³/mol. The molecule has 0 aliphatic heterocycles. The molecule has 7 heavy (non-hydrogen) atoms. The van der Waals surface area contributed by atoms with Crippen LogP contribution in [0, 0.1) is 0 Å². The first-order chi connectivity index (χ1) is 2.00. The summed E-state index contributed by atoms with van der Waals surface area (Å²) in [5.74, 6) is 0. The van der Waals surface area contributed by atoms with Gasteiger partial charge >= 0.3 is 0 Å². The van der Waals surface area contributed by atoms with E-state index in [4.69, 9.17) is 0 Å². The van der Waals surface area contributed by atoms with Crippen LogP contribution in [0.1, 0.15) is 0 Å². The summed E-state index contributed by atoms with van der Waals surface area (Å²) < 4.78 is 1.00. The molecule has 0 aromatic carbocycles. The first-order valence-corrected chi connectivity index (χ1v) is 1.79. The van der Waals surface area contributed by atoms with Crippen LogP contribution < -0.4 is 12.4 Å². The Hall–Kier alpha value is 0.730. The number of quaternary nitrogens is 1. The zero-order valence-electron chi connectivity index (χ0n) is 5.23. The molecule has 0 aromatic rings. The molecular weight excluding hydrogens is 177 g/mol. The second kappa shape index (κ2) is 4.88. The average molecular weight is 191 g/mol. The zero-order valence-corrected chi connectivity index (χ0v) is 7.70. The molecule has 0 heterocycles. The van der Waals surface area contributed by atoms with Gasteiger partial charge in [-0.3, -0.25) is 0 Å². The number of hydrogen-bond acceptors (Lipinski definition) is 0. The van der Waals surface area contributed by atoms with Crippen molar-refractivity contribution in [3.05, 3.63) is 0 Å². The van der Waals surface area contributed by atoms with Crippen molar-refractivity contribution in [2.45, 2.75) is 0 Å². The molecule has 0 spiro atoms. The van der Waals surface area contributed by atoms with Gasteiger partial charge in [-0.25, -0.2) is 0 Å². The molecule has 0 saturated carbocycles. The minimum Gasteiger partial charge on any atom is -1.00 e. The van der Waals surface area contributed by atoms with Gasteiger partial charge < -0.3 is 16.9 Å². The van der Waals surface area contributed by atoms with Crippen LogP contribution in [0.5, 0.6) is 0 Å². The lowest BCUT2D eigenvalue weighted by Gasteiger charge is -2.14. The van der Waals surface area contributed by atoms with Gasteiger partial charge in [0.15, 0.2) is 0 Å². The summed E-state index contributed by atoms with van der Waals surface area (Å²) in [5, 5.41) is 0. The molecule has 0 aliphatic carbocycles. The van der Waals surface area contributed by atoms with Crippen LogP contribution in [-0.2, 0) is 0 Å². The summed E-state index contributed by atoms with van der Waals surface area (Å²) >= 11 is 0. The summed E-state index contributed by atoms with van der Waals surface area (Å²) in [5.41, 5.74) is 0. The fraction of sp³-hybridized carbons (Fsp3) is 1.00. The Bertz CT molecular complexity index is 27.2. The van der Waals surface area contributed by atoms with Crippen LogP contribution in [0.25, 0.3) is 0 Å². The van der Waals surface area contributed by atoms with E-state index >= 15 is 0 Å². The van der Waals surface area contributed by atoms with Crippen molar-refractivity contribution in [3.8, 4) is 0 Å². The van der Waals surface area contributed by atoms with Gasteiger partial charge in [0.25, 0.3) is 0 Å². The highest BCUT2D eigenvalue weighted by atomic mass is 79.9. The van der Waals surface area contributed by atoms with Crippen molar-refractivity contribution in [1.29, 1.82) is 0 Å². The summed E-state index contributed by atoms with van der Waals surface area (Å²) in [6.07, 6.45) is 0. The molecule has 0 N–H and O–H groups in total. The number of rotatable bonds is 0. The molecule has 0 aromatic heterocycles. The van der Waals surface area contributed by atoms with Gasteiger partial charge in [-0.1, -0.05) is 0 Å². The van der Waals surface area contributed by atoms with Crippen LogP contribution in [0.3, 0.4) is 0 Å². The van der Waals surface area contributed by atoms with Gasteiger partial charge in [0, 0.05) is 0 Å². The molecule has 0 bridgehead atoms. The van der Waals surface area contributed by atoms with Gasteiger partial charge in [0.1, 0.15) is 0 Å². The highest BCUT2D eigenvalue weighted by Crippen LogP contribution is 1.73. The van der Waals surface area contributed by atoms with E-state index in [1.54, 1.807) is 0 Å². The van der Waals surface area contributed by atoms with Gasteiger partial charge in [-0.15, -0.1) is 17.0 Å². The second-order valence-electron chi connectivity index (χ2n) is 2.68. The summed E-state index contributed by atoms with van der Waals surface area (Å²) in [4.78, 5) is 0. The Kier molecular flexibility index (Phi) is 10.9. The maximum atomic E-state index is 2.12. The minimum atomic E-state index is 0. The van der Waals surface area contributed by atoms with E-state index in [1.807, 2.05) is 0 Å². The molecule has 0 atom stereocenters. The third-order valence-corrected chi connectivity index (χ3v) is 0. The Morgan fingerprint density at radius 3 is 0.857 bits per heavy atom. The molecule has 1 nitrogen and oxygen atoms in total. The lowest BCUT2D eigenvalue weighted by atomic mass is 10.8. The van der Waals surface area contributed by atoms with Crippen molar-refractivity contribution in [3.63, 3.8) is 0 Å². The summed E-state index contributed by atoms with van der Waals surface area (Å²) in [6.45, 7) is 0. The summed E-state index contributed by atoms with van der Waals surface area (Å²) in [6, 6.07) is 0. The number of nitrogens with zero attached hydrogens (tertiary/aromatic N) is 1. The molecule has 3 heteroatoms. The largest absolute Gasteiger partial charge is 1.00 e. The topological polar surface area (TPSA) is 0 Å². The number of hydrogen-bond donors (Lipinski definition) is 0. The third kappa shape index (κ3) is 283. The van der Waals surface area contributed by atoms with Crippen molar-refractivity contribution < 1.29 is 16.9 Å². The van der Waals surface area contributed by atoms with Crippen LogP contribution >= 0.6 is 17.0 Å². The Labute approximate surface area is 62.5 Å². The van der Waals surface area contributed by atoms with E-state index in [0.29, 0.717) is 0 Å². The van der Waals surface area contributed by atoms with E-state index < -0.39 is 0 Å². The summed E-state index contributed by atoms with van der Waals surface area (Å²) in [7, 11) is 8.50. The first kappa shape index (κ1) is 15.6. The van der Waals surface area contributed by atoms with Gasteiger partial charge in [0.05, 0.1) is 28.2 Å². The van der Waals surface area contributed by atoms with Gasteiger partial charge in [-0.2, -0.15) is 0 Å². The maximum absolute atomic E-state index is 2.12. The smallest absolute Gasteiger partial charge is 0.0675 e. The van der Waals surface area contributed by atoms with Crippen LogP contribution in [0.4, 0.5) is 0 Å². The molecule has 0 rings (SSSR count). The second-order valence-corrected chi connectivity index (χ2v) is 2.68. The molecule has 0 unspecified atom stereocenters. The lowest BCUT2D eigenvalue weighted by molar-refractivity contribution is -0.849. The molecule has 0 amide bonds. The zero-order chi connectivity index (χ0) is 4.50. The monoisotopic (exact) mass is 189 g/mol. The number of halogens is 2. The van der Waals surface area contributed by atoms with Crippen molar-refractivity contribution in [1.82, 2.24) is 0 Å². The standard InChI is InChI=1S/C4H12N.BrH.ClH/c1-5(2,3)4;;/h1-4H3;2*1H/q+1;;/p-1. The van der Waals surface area contributed by atoms with Crippen LogP contribution in [0.15, 0.2) is 0 Å². The Morgan fingerprint density at radius 1 is 0.857 bits per heavy atom. The van der Waals surface area contributed by atoms with Crippen molar-refractivity contribution in [2.24, 2.45) is 0 Å². The lowest BCUT2D eigenvalue weighted by Crippen LogP contribution is -3.00. The molecule has 0 aliphatic rings. The van der Waals surface area contributed by atoms with Crippen molar-refractivity contribution in [2.75, 3.05) is 28.2 Å². The van der Waals surface area contributed by atoms with E-state index in [2.05, 4.69) is 28.2 Å². The predicted octanol–water partition coefficient (Wildman–Crippen LogP) is -2.10. The highest BCUT2D eigenvalue weighted by Gasteiger charge is 1.88. The SMILES string of the molecule is Br.C[N+](C)(C)C.[Cl-]. The highest BCUT2D eigenvalue weighted by molar-refractivity contribution is 8.93. The Balaban J connectivity index is -0.0000000800. The molecule has 0 saturated heterocycles. The molecule has 48 valence electrons. The first-order valence-electron chi connectivity index (χ1n) is 1.79. The minimum absolute atomic E-state index is 0. The van der Waals surface area contributed by atoms with E-state index in [0.717, 1.165) is 4.48 Å². The van der Waals surface area contributed by atoms with E-state index in [9.17, 15) is 0 Å². The fourth-order valence-corrected chi connectivity index (χ4v) is 0. The Morgan fingerprint density at radius 2 is 0.857 bits per heavy atom. The van der Waals surface area contributed by atoms with Crippen LogP contribution in [0.2, 0.25) is 0 Å². The van der Waals surface area contributed by atoms with Crippen molar-refractivity contribution >= 4 is 17.0 Å². The van der Waals surface area contributed by atoms with E-state index in [-0.39, 0.29) is 29.4 Å². The fourth-order valence-electron chi connectivity index (χ4n) is 0. The molecular formula is C4H13BrClN. The van der Waals surface area contributed by atoms with Gasteiger partial charge in [-0.05, 0) is 0 Å². The quantitative estimate of drug-likeness (QED) is 0.384. The third-order valence-electron chi connectivity index (χ3n) is 0. The van der Waals surface area contributed by atoms with Gasteiger partial charge in [0.2, 0.25) is 0 Å². The maximum Gasteiger partial charge on any atom is 0.0675 e. The molecule has 0 radical (unpaired) electrons. The van der Waals surface area contributed by atoms with Crippen LogP contribution in [-0.4, -0.2) is 32.7 Å². The molecule has 0 fully saturated rings. The average Bonchev–Trinajstić information content (AvgIpc) is 0.722.